The number of aryl methyl sites for hydroxylation is 2. The number of rotatable bonds is 2. The second-order valence-electron chi connectivity index (χ2n) is 3.65. The first-order valence-corrected chi connectivity index (χ1v) is 4.49. The van der Waals surface area contributed by atoms with E-state index < -0.39 is 0 Å². The molecule has 0 aliphatic heterocycles. The molecule has 0 fully saturated rings. The molecule has 70 valence electrons. The maximum atomic E-state index is 10.8. The maximum absolute atomic E-state index is 10.8. The number of aldehydes is 1. The summed E-state index contributed by atoms with van der Waals surface area (Å²) in [5.74, 6) is 0.304. The quantitative estimate of drug-likeness (QED) is 0.650. The van der Waals surface area contributed by atoms with Gasteiger partial charge in [-0.3, -0.25) is 9.78 Å². The van der Waals surface area contributed by atoms with Gasteiger partial charge in [0.05, 0.1) is 5.69 Å². The smallest absolute Gasteiger partial charge is 0.152 e. The van der Waals surface area contributed by atoms with Crippen LogP contribution in [0.15, 0.2) is 6.07 Å². The van der Waals surface area contributed by atoms with Crippen LogP contribution in [0, 0.1) is 13.8 Å². The third-order valence-corrected chi connectivity index (χ3v) is 2.09. The second-order valence-corrected chi connectivity index (χ2v) is 3.65. The average Bonchev–Trinajstić information content (AvgIpc) is 2.02. The van der Waals surface area contributed by atoms with Gasteiger partial charge in [-0.1, -0.05) is 13.8 Å². The van der Waals surface area contributed by atoms with Crippen LogP contribution < -0.4 is 0 Å². The lowest BCUT2D eigenvalue weighted by Crippen LogP contribution is -2.03. The van der Waals surface area contributed by atoms with Crippen LogP contribution in [0.4, 0.5) is 0 Å². The molecule has 2 nitrogen and oxygen atoms in total. The molecule has 2 heteroatoms. The molecule has 0 unspecified atom stereocenters. The number of aromatic nitrogens is 1. The monoisotopic (exact) mass is 177 g/mol. The summed E-state index contributed by atoms with van der Waals surface area (Å²) in [5, 5.41) is 0. The Labute approximate surface area is 79.0 Å². The highest BCUT2D eigenvalue weighted by atomic mass is 16.1. The second kappa shape index (κ2) is 3.69. The molecule has 0 spiro atoms. The van der Waals surface area contributed by atoms with Crippen LogP contribution in [-0.4, -0.2) is 11.3 Å². The fraction of sp³-hybridized carbons (Fsp3) is 0.455. The first-order chi connectivity index (χ1) is 6.06. The van der Waals surface area contributed by atoms with Gasteiger partial charge in [0.1, 0.15) is 0 Å². The normalized spacial score (nSPS) is 10.5. The van der Waals surface area contributed by atoms with Gasteiger partial charge in [-0.05, 0) is 31.4 Å². The first-order valence-electron chi connectivity index (χ1n) is 4.49. The molecular weight excluding hydrogens is 162 g/mol. The zero-order valence-corrected chi connectivity index (χ0v) is 8.59. The Morgan fingerprint density at radius 3 is 2.46 bits per heavy atom. The number of pyridine rings is 1. The van der Waals surface area contributed by atoms with Gasteiger partial charge in [0, 0.05) is 11.3 Å². The predicted octanol–water partition coefficient (Wildman–Crippen LogP) is 2.63. The number of carbonyl (C=O) groups excluding carboxylic acids is 1. The van der Waals surface area contributed by atoms with Crippen molar-refractivity contribution in [2.24, 2.45) is 0 Å². The van der Waals surface area contributed by atoms with Crippen molar-refractivity contribution in [3.05, 3.63) is 28.6 Å². The van der Waals surface area contributed by atoms with Crippen molar-refractivity contribution in [2.45, 2.75) is 33.6 Å². The summed E-state index contributed by atoms with van der Waals surface area (Å²) >= 11 is 0. The molecule has 0 amide bonds. The number of carbonyl (C=O) groups is 1. The van der Waals surface area contributed by atoms with Crippen LogP contribution >= 0.6 is 0 Å². The van der Waals surface area contributed by atoms with Gasteiger partial charge in [0.2, 0.25) is 0 Å². The molecule has 0 atom stereocenters. The lowest BCUT2D eigenvalue weighted by Gasteiger charge is -2.10. The summed E-state index contributed by atoms with van der Waals surface area (Å²) < 4.78 is 0. The summed E-state index contributed by atoms with van der Waals surface area (Å²) in [4.78, 5) is 15.2. The number of hydrogen-bond acceptors (Lipinski definition) is 2. The maximum Gasteiger partial charge on any atom is 0.152 e. The SMILES string of the molecule is Cc1cc(C)c(C=O)c(C(C)C)n1. The van der Waals surface area contributed by atoms with Gasteiger partial charge < -0.3 is 0 Å². The highest BCUT2D eigenvalue weighted by molar-refractivity contribution is 5.79. The molecule has 0 radical (unpaired) electrons. The molecule has 0 saturated carbocycles. The fourth-order valence-electron chi connectivity index (χ4n) is 1.47. The zero-order chi connectivity index (χ0) is 10.0. The molecule has 1 heterocycles. The molecule has 1 rings (SSSR count). The number of hydrogen-bond donors (Lipinski definition) is 0. The van der Waals surface area contributed by atoms with Crippen LogP contribution in [-0.2, 0) is 0 Å². The Bertz CT molecular complexity index is 329. The third kappa shape index (κ3) is 1.94. The molecule has 13 heavy (non-hydrogen) atoms. The van der Waals surface area contributed by atoms with E-state index in [0.717, 1.165) is 28.8 Å². The van der Waals surface area contributed by atoms with E-state index in [1.54, 1.807) is 0 Å². The van der Waals surface area contributed by atoms with E-state index in [1.165, 1.54) is 0 Å². The Morgan fingerprint density at radius 1 is 1.38 bits per heavy atom. The van der Waals surface area contributed by atoms with Crippen molar-refractivity contribution < 1.29 is 4.79 Å². The van der Waals surface area contributed by atoms with Crippen LogP contribution in [0.2, 0.25) is 0 Å². The molecule has 0 aromatic carbocycles. The minimum Gasteiger partial charge on any atom is -0.298 e. The molecule has 1 aromatic heterocycles. The lowest BCUT2D eigenvalue weighted by molar-refractivity contribution is 0.112. The van der Waals surface area contributed by atoms with Crippen LogP contribution in [0.3, 0.4) is 0 Å². The Morgan fingerprint density at radius 2 is 2.00 bits per heavy atom. The first kappa shape index (κ1) is 9.90. The van der Waals surface area contributed by atoms with Crippen LogP contribution in [0.5, 0.6) is 0 Å². The van der Waals surface area contributed by atoms with E-state index in [9.17, 15) is 4.79 Å². The van der Waals surface area contributed by atoms with Crippen molar-refractivity contribution >= 4 is 6.29 Å². The predicted molar refractivity (Wildman–Crippen MR) is 53.2 cm³/mol. The van der Waals surface area contributed by atoms with Crippen LogP contribution in [0.25, 0.3) is 0 Å². The minimum absolute atomic E-state index is 0.304. The molecule has 0 aliphatic rings. The summed E-state index contributed by atoms with van der Waals surface area (Å²) in [6.07, 6.45) is 0.900. The van der Waals surface area contributed by atoms with Crippen molar-refractivity contribution in [1.82, 2.24) is 4.98 Å². The lowest BCUT2D eigenvalue weighted by atomic mass is 10.00. The highest BCUT2D eigenvalue weighted by Crippen LogP contribution is 2.19. The van der Waals surface area contributed by atoms with Gasteiger partial charge in [-0.25, -0.2) is 0 Å². The minimum atomic E-state index is 0.304. The van der Waals surface area contributed by atoms with Crippen LogP contribution in [0.1, 0.15) is 47.1 Å². The molecule has 0 N–H and O–H groups in total. The van der Waals surface area contributed by atoms with E-state index in [2.05, 4.69) is 4.98 Å². The third-order valence-electron chi connectivity index (χ3n) is 2.09. The zero-order valence-electron chi connectivity index (χ0n) is 8.59. The summed E-state index contributed by atoms with van der Waals surface area (Å²) in [6, 6.07) is 1.94. The molecular formula is C11H15NO. The Balaban J connectivity index is 3.38. The average molecular weight is 177 g/mol. The summed E-state index contributed by atoms with van der Waals surface area (Å²) in [7, 11) is 0. The Kier molecular flexibility index (Phi) is 2.81. The molecule has 0 bridgehead atoms. The van der Waals surface area contributed by atoms with Gasteiger partial charge in [0.25, 0.3) is 0 Å². The van der Waals surface area contributed by atoms with Gasteiger partial charge in [-0.15, -0.1) is 0 Å². The van der Waals surface area contributed by atoms with Gasteiger partial charge in [0.15, 0.2) is 6.29 Å². The highest BCUT2D eigenvalue weighted by Gasteiger charge is 2.10. The van der Waals surface area contributed by atoms with Crippen molar-refractivity contribution in [3.8, 4) is 0 Å². The summed E-state index contributed by atoms with van der Waals surface area (Å²) in [6.45, 7) is 8.00. The molecule has 0 saturated heterocycles. The van der Waals surface area contributed by atoms with Gasteiger partial charge >= 0.3 is 0 Å². The summed E-state index contributed by atoms with van der Waals surface area (Å²) in [5.41, 5.74) is 3.66. The van der Waals surface area contributed by atoms with E-state index in [0.29, 0.717) is 5.92 Å². The molecule has 1 aromatic rings. The number of nitrogens with zero attached hydrogens (tertiary/aromatic N) is 1. The fourth-order valence-corrected chi connectivity index (χ4v) is 1.47. The standard InChI is InChI=1S/C11H15NO/c1-7(2)11-10(6-13)8(3)5-9(4)12-11/h5-7H,1-4H3. The largest absolute Gasteiger partial charge is 0.298 e. The Hall–Kier alpha value is -1.18. The van der Waals surface area contributed by atoms with Crippen molar-refractivity contribution in [2.75, 3.05) is 0 Å². The van der Waals surface area contributed by atoms with Crippen molar-refractivity contribution in [1.29, 1.82) is 0 Å². The van der Waals surface area contributed by atoms with Crippen molar-refractivity contribution in [3.63, 3.8) is 0 Å². The van der Waals surface area contributed by atoms with Gasteiger partial charge in [-0.2, -0.15) is 0 Å². The van der Waals surface area contributed by atoms with E-state index >= 15 is 0 Å². The topological polar surface area (TPSA) is 30.0 Å². The van der Waals surface area contributed by atoms with E-state index in [-0.39, 0.29) is 0 Å². The van der Waals surface area contributed by atoms with E-state index in [4.69, 9.17) is 0 Å². The molecule has 0 aliphatic carbocycles. The van der Waals surface area contributed by atoms with E-state index in [1.807, 2.05) is 33.8 Å².